The summed E-state index contributed by atoms with van der Waals surface area (Å²) in [4.78, 5) is 10.3. The van der Waals surface area contributed by atoms with E-state index in [1.54, 1.807) is 6.07 Å². The predicted molar refractivity (Wildman–Crippen MR) is 77.8 cm³/mol. The van der Waals surface area contributed by atoms with Gasteiger partial charge >= 0.3 is 0 Å². The highest BCUT2D eigenvalue weighted by Crippen LogP contribution is 2.19. The molecule has 1 aromatic heterocycles. The molecule has 2 heterocycles. The molecule has 0 amide bonds. The van der Waals surface area contributed by atoms with Crippen LogP contribution in [-0.2, 0) is 6.54 Å². The van der Waals surface area contributed by atoms with E-state index in [1.807, 2.05) is 6.07 Å². The highest BCUT2D eigenvalue weighted by atomic mass is 35.5. The smallest absolute Gasteiger partial charge is 0.218 e. The van der Waals surface area contributed by atoms with E-state index in [1.165, 1.54) is 11.9 Å². The molecule has 1 aliphatic rings. The van der Waals surface area contributed by atoms with Crippen molar-refractivity contribution < 1.29 is 4.74 Å². The largest absolute Gasteiger partial charge is 0.473 e. The first kappa shape index (κ1) is 13.3. The molecule has 0 spiro atoms. The molecule has 2 aromatic rings. The third-order valence-electron chi connectivity index (χ3n) is 3.37. The van der Waals surface area contributed by atoms with Gasteiger partial charge in [-0.15, -0.1) is 0 Å². The van der Waals surface area contributed by atoms with Crippen LogP contribution in [0.4, 0.5) is 0 Å². The second-order valence-corrected chi connectivity index (χ2v) is 5.32. The Morgan fingerprint density at radius 3 is 2.90 bits per heavy atom. The Hall–Kier alpha value is -1.65. The second kappa shape index (κ2) is 6.20. The highest BCUT2D eigenvalue weighted by molar-refractivity contribution is 6.29. The van der Waals surface area contributed by atoms with Gasteiger partial charge in [-0.05, 0) is 12.0 Å². The van der Waals surface area contributed by atoms with Gasteiger partial charge in [0.2, 0.25) is 5.88 Å². The third-order valence-corrected chi connectivity index (χ3v) is 3.58. The van der Waals surface area contributed by atoms with Gasteiger partial charge in [-0.1, -0.05) is 41.9 Å². The topological polar surface area (TPSA) is 38.2 Å². The number of likely N-dealkylation sites (tertiary alicyclic amines) is 1. The average molecular weight is 290 g/mol. The van der Waals surface area contributed by atoms with Gasteiger partial charge in [-0.25, -0.2) is 9.97 Å². The summed E-state index contributed by atoms with van der Waals surface area (Å²) >= 11 is 5.82. The molecular formula is C15H16ClN3O. The minimum absolute atomic E-state index is 0.171. The van der Waals surface area contributed by atoms with E-state index in [-0.39, 0.29) is 6.10 Å². The summed E-state index contributed by atoms with van der Waals surface area (Å²) < 4.78 is 5.85. The van der Waals surface area contributed by atoms with E-state index in [2.05, 4.69) is 39.1 Å². The van der Waals surface area contributed by atoms with Gasteiger partial charge in [0, 0.05) is 25.7 Å². The molecule has 1 atom stereocenters. The van der Waals surface area contributed by atoms with Gasteiger partial charge in [0.25, 0.3) is 0 Å². The first-order chi connectivity index (χ1) is 9.79. The van der Waals surface area contributed by atoms with Crippen molar-refractivity contribution in [2.24, 2.45) is 0 Å². The molecule has 0 aliphatic carbocycles. The van der Waals surface area contributed by atoms with E-state index >= 15 is 0 Å². The molecule has 1 aliphatic heterocycles. The molecule has 1 aromatic carbocycles. The fourth-order valence-corrected chi connectivity index (χ4v) is 2.57. The maximum atomic E-state index is 5.85. The molecular weight excluding hydrogens is 274 g/mol. The molecule has 1 unspecified atom stereocenters. The Kier molecular flexibility index (Phi) is 4.14. The fourth-order valence-electron chi connectivity index (χ4n) is 2.43. The molecule has 0 N–H and O–H groups in total. The zero-order chi connectivity index (χ0) is 13.8. The van der Waals surface area contributed by atoms with Crippen LogP contribution in [0.5, 0.6) is 5.88 Å². The van der Waals surface area contributed by atoms with Gasteiger partial charge < -0.3 is 4.74 Å². The second-order valence-electron chi connectivity index (χ2n) is 4.93. The number of rotatable bonds is 4. The number of benzene rings is 1. The zero-order valence-corrected chi connectivity index (χ0v) is 11.8. The van der Waals surface area contributed by atoms with Crippen molar-refractivity contribution in [1.82, 2.24) is 14.9 Å². The Bertz CT molecular complexity index is 564. The van der Waals surface area contributed by atoms with Crippen molar-refractivity contribution in [1.29, 1.82) is 0 Å². The lowest BCUT2D eigenvalue weighted by atomic mass is 10.2. The van der Waals surface area contributed by atoms with Crippen molar-refractivity contribution in [3.63, 3.8) is 0 Å². The summed E-state index contributed by atoms with van der Waals surface area (Å²) in [6.07, 6.45) is 2.60. The summed E-state index contributed by atoms with van der Waals surface area (Å²) in [6, 6.07) is 12.1. The first-order valence-corrected chi connectivity index (χ1v) is 7.08. The van der Waals surface area contributed by atoms with Crippen LogP contribution in [0.2, 0.25) is 5.15 Å². The highest BCUT2D eigenvalue weighted by Gasteiger charge is 2.24. The van der Waals surface area contributed by atoms with Gasteiger partial charge in [0.1, 0.15) is 17.6 Å². The van der Waals surface area contributed by atoms with Crippen LogP contribution >= 0.6 is 11.6 Å². The number of ether oxygens (including phenoxy) is 1. The van der Waals surface area contributed by atoms with E-state index in [9.17, 15) is 0 Å². The van der Waals surface area contributed by atoms with Gasteiger partial charge in [0.15, 0.2) is 0 Å². The van der Waals surface area contributed by atoms with Gasteiger partial charge in [-0.3, -0.25) is 4.90 Å². The standard InChI is InChI=1S/C15H16ClN3O/c16-14-8-15(18-11-17-14)20-13-6-7-19(10-13)9-12-4-2-1-3-5-12/h1-5,8,11,13H,6-7,9-10H2. The molecule has 4 nitrogen and oxygen atoms in total. The quantitative estimate of drug-likeness (QED) is 0.811. The Morgan fingerprint density at radius 2 is 2.10 bits per heavy atom. The van der Waals surface area contributed by atoms with Crippen LogP contribution in [0.3, 0.4) is 0 Å². The van der Waals surface area contributed by atoms with Crippen LogP contribution in [0.1, 0.15) is 12.0 Å². The van der Waals surface area contributed by atoms with Crippen LogP contribution in [0.15, 0.2) is 42.7 Å². The van der Waals surface area contributed by atoms with Crippen molar-refractivity contribution in [3.8, 4) is 5.88 Å². The summed E-state index contributed by atoms with van der Waals surface area (Å²) in [5, 5.41) is 0.411. The maximum Gasteiger partial charge on any atom is 0.218 e. The number of hydrogen-bond donors (Lipinski definition) is 0. The molecule has 1 saturated heterocycles. The Labute approximate surface area is 123 Å². The number of hydrogen-bond acceptors (Lipinski definition) is 4. The Balaban J connectivity index is 1.54. The molecule has 5 heteroatoms. The number of nitrogens with zero attached hydrogens (tertiary/aromatic N) is 3. The molecule has 0 radical (unpaired) electrons. The number of halogens is 1. The lowest BCUT2D eigenvalue weighted by Crippen LogP contribution is -2.24. The van der Waals surface area contributed by atoms with Crippen molar-refractivity contribution in [2.75, 3.05) is 13.1 Å². The molecule has 1 fully saturated rings. The minimum atomic E-state index is 0.171. The van der Waals surface area contributed by atoms with Crippen molar-refractivity contribution in [2.45, 2.75) is 19.1 Å². The SMILES string of the molecule is Clc1cc(OC2CCN(Cc3ccccc3)C2)ncn1. The summed E-state index contributed by atoms with van der Waals surface area (Å²) in [5.41, 5.74) is 1.33. The summed E-state index contributed by atoms with van der Waals surface area (Å²) in [6.45, 7) is 2.92. The molecule has 0 bridgehead atoms. The maximum absolute atomic E-state index is 5.85. The molecule has 20 heavy (non-hydrogen) atoms. The van der Waals surface area contributed by atoms with Crippen molar-refractivity contribution in [3.05, 3.63) is 53.4 Å². The predicted octanol–water partition coefficient (Wildman–Crippen LogP) is 2.78. The molecule has 104 valence electrons. The van der Waals surface area contributed by atoms with E-state index in [0.717, 1.165) is 26.1 Å². The van der Waals surface area contributed by atoms with Gasteiger partial charge in [-0.2, -0.15) is 0 Å². The zero-order valence-electron chi connectivity index (χ0n) is 11.1. The van der Waals surface area contributed by atoms with Crippen LogP contribution in [0, 0.1) is 0 Å². The third kappa shape index (κ3) is 3.46. The number of aromatic nitrogens is 2. The van der Waals surface area contributed by atoms with Gasteiger partial charge in [0.05, 0.1) is 0 Å². The minimum Gasteiger partial charge on any atom is -0.473 e. The summed E-state index contributed by atoms with van der Waals surface area (Å²) in [5.74, 6) is 0.552. The van der Waals surface area contributed by atoms with Crippen molar-refractivity contribution >= 4 is 11.6 Å². The van der Waals surface area contributed by atoms with E-state index in [0.29, 0.717) is 11.0 Å². The van der Waals surface area contributed by atoms with E-state index in [4.69, 9.17) is 16.3 Å². The lowest BCUT2D eigenvalue weighted by molar-refractivity contribution is 0.191. The lowest BCUT2D eigenvalue weighted by Gasteiger charge is -2.16. The average Bonchev–Trinajstić information content (AvgIpc) is 2.87. The molecule has 0 saturated carbocycles. The normalized spacial score (nSPS) is 19.1. The summed E-state index contributed by atoms with van der Waals surface area (Å²) in [7, 11) is 0. The fraction of sp³-hybridized carbons (Fsp3) is 0.333. The van der Waals surface area contributed by atoms with Crippen LogP contribution in [0.25, 0.3) is 0 Å². The van der Waals surface area contributed by atoms with E-state index < -0.39 is 0 Å². The Morgan fingerprint density at radius 1 is 1.25 bits per heavy atom. The van der Waals surface area contributed by atoms with Crippen LogP contribution in [-0.4, -0.2) is 34.1 Å². The monoisotopic (exact) mass is 289 g/mol. The van der Waals surface area contributed by atoms with Crippen LogP contribution < -0.4 is 4.74 Å². The molecule has 3 rings (SSSR count). The first-order valence-electron chi connectivity index (χ1n) is 6.70.